The summed E-state index contributed by atoms with van der Waals surface area (Å²) in [5.74, 6) is -0.402. The Bertz CT molecular complexity index is 543. The summed E-state index contributed by atoms with van der Waals surface area (Å²) in [7, 11) is 0. The number of anilines is 1. The van der Waals surface area contributed by atoms with Crippen LogP contribution in [0, 0.1) is 0 Å². The number of carbonyl (C=O) groups excluding carboxylic acids is 1. The molecule has 0 radical (unpaired) electrons. The summed E-state index contributed by atoms with van der Waals surface area (Å²) >= 11 is 3.39. The van der Waals surface area contributed by atoms with Crippen LogP contribution >= 0.6 is 15.9 Å². The van der Waals surface area contributed by atoms with Gasteiger partial charge in [-0.3, -0.25) is 4.79 Å². The van der Waals surface area contributed by atoms with Gasteiger partial charge in [0, 0.05) is 10.2 Å². The van der Waals surface area contributed by atoms with Crippen molar-refractivity contribution in [1.82, 2.24) is 0 Å². The number of carbonyl (C=O) groups is 1. The first kappa shape index (κ1) is 12.6. The molecule has 0 heterocycles. The lowest BCUT2D eigenvalue weighted by molar-refractivity contribution is -0.118. The maximum Gasteiger partial charge on any atom is 0.244 e. The van der Waals surface area contributed by atoms with Crippen LogP contribution in [-0.4, -0.2) is 5.91 Å². The van der Waals surface area contributed by atoms with Crippen molar-refractivity contribution >= 4 is 27.5 Å². The smallest absolute Gasteiger partial charge is 0.244 e. The number of halogens is 1. The number of primary amides is 1. The van der Waals surface area contributed by atoms with E-state index in [-0.39, 0.29) is 0 Å². The quantitative estimate of drug-likeness (QED) is 0.912. The molecule has 0 aliphatic heterocycles. The first-order valence-corrected chi connectivity index (χ1v) is 6.32. The standard InChI is InChI=1S/C14H13BrN2O/c15-11-7-4-8-12(9-11)17-13(14(16)18)10-5-2-1-3-6-10/h1-9,13,17H,(H2,16,18)/t13-/m1/s1. The fraction of sp³-hybridized carbons (Fsp3) is 0.0714. The molecule has 0 saturated heterocycles. The van der Waals surface area contributed by atoms with E-state index in [9.17, 15) is 4.79 Å². The molecule has 0 aliphatic rings. The lowest BCUT2D eigenvalue weighted by Gasteiger charge is -2.17. The Morgan fingerprint density at radius 2 is 1.83 bits per heavy atom. The Morgan fingerprint density at radius 3 is 2.44 bits per heavy atom. The molecule has 3 nitrogen and oxygen atoms in total. The van der Waals surface area contributed by atoms with Gasteiger partial charge < -0.3 is 11.1 Å². The Hall–Kier alpha value is -1.81. The van der Waals surface area contributed by atoms with Gasteiger partial charge in [0.05, 0.1) is 0 Å². The number of hydrogen-bond donors (Lipinski definition) is 2. The van der Waals surface area contributed by atoms with Crippen LogP contribution < -0.4 is 11.1 Å². The summed E-state index contributed by atoms with van der Waals surface area (Å²) in [5.41, 5.74) is 7.14. The van der Waals surface area contributed by atoms with Crippen molar-refractivity contribution in [3.63, 3.8) is 0 Å². The average molecular weight is 305 g/mol. The molecule has 0 aromatic heterocycles. The zero-order chi connectivity index (χ0) is 13.0. The van der Waals surface area contributed by atoms with Crippen molar-refractivity contribution in [1.29, 1.82) is 0 Å². The van der Waals surface area contributed by atoms with E-state index in [2.05, 4.69) is 21.2 Å². The molecule has 18 heavy (non-hydrogen) atoms. The van der Waals surface area contributed by atoms with Gasteiger partial charge in [0.1, 0.15) is 6.04 Å². The fourth-order valence-electron chi connectivity index (χ4n) is 1.71. The zero-order valence-corrected chi connectivity index (χ0v) is 11.2. The van der Waals surface area contributed by atoms with E-state index in [0.717, 1.165) is 15.7 Å². The molecule has 0 fully saturated rings. The maximum absolute atomic E-state index is 11.5. The monoisotopic (exact) mass is 304 g/mol. The van der Waals surface area contributed by atoms with Gasteiger partial charge in [-0.2, -0.15) is 0 Å². The lowest BCUT2D eigenvalue weighted by atomic mass is 10.1. The molecule has 1 atom stereocenters. The van der Waals surface area contributed by atoms with Gasteiger partial charge in [0.25, 0.3) is 0 Å². The Labute approximate surface area is 114 Å². The highest BCUT2D eigenvalue weighted by Crippen LogP contribution is 2.22. The minimum Gasteiger partial charge on any atom is -0.370 e. The van der Waals surface area contributed by atoms with Crippen molar-refractivity contribution in [3.05, 3.63) is 64.6 Å². The third kappa shape index (κ3) is 3.11. The summed E-state index contributed by atoms with van der Waals surface area (Å²) in [4.78, 5) is 11.5. The molecule has 1 amide bonds. The third-order valence-corrected chi connectivity index (χ3v) is 3.05. The molecule has 3 N–H and O–H groups in total. The van der Waals surface area contributed by atoms with Crippen LogP contribution in [-0.2, 0) is 4.79 Å². The van der Waals surface area contributed by atoms with Crippen LogP contribution in [0.5, 0.6) is 0 Å². The first-order valence-electron chi connectivity index (χ1n) is 5.53. The van der Waals surface area contributed by atoms with Crippen LogP contribution in [0.25, 0.3) is 0 Å². The van der Waals surface area contributed by atoms with Gasteiger partial charge in [0.15, 0.2) is 0 Å². The maximum atomic E-state index is 11.5. The van der Waals surface area contributed by atoms with Gasteiger partial charge in [0.2, 0.25) is 5.91 Å². The number of rotatable bonds is 4. The Morgan fingerprint density at radius 1 is 1.11 bits per heavy atom. The highest BCUT2D eigenvalue weighted by Gasteiger charge is 2.16. The molecule has 4 heteroatoms. The number of nitrogens with two attached hydrogens (primary N) is 1. The first-order chi connectivity index (χ1) is 8.66. The van der Waals surface area contributed by atoms with Crippen LogP contribution in [0.2, 0.25) is 0 Å². The second kappa shape index (κ2) is 5.69. The summed E-state index contributed by atoms with van der Waals surface area (Å²) in [6.45, 7) is 0. The van der Waals surface area contributed by atoms with Gasteiger partial charge in [-0.15, -0.1) is 0 Å². The van der Waals surface area contributed by atoms with E-state index in [1.807, 2.05) is 54.6 Å². The summed E-state index contributed by atoms with van der Waals surface area (Å²) < 4.78 is 0.948. The van der Waals surface area contributed by atoms with Crippen molar-refractivity contribution in [2.75, 3.05) is 5.32 Å². The van der Waals surface area contributed by atoms with E-state index in [0.29, 0.717) is 0 Å². The number of nitrogens with one attached hydrogen (secondary N) is 1. The zero-order valence-electron chi connectivity index (χ0n) is 9.64. The SMILES string of the molecule is NC(=O)[C@H](Nc1cccc(Br)c1)c1ccccc1. The molecule has 2 aromatic carbocycles. The van der Waals surface area contributed by atoms with Crippen molar-refractivity contribution in [2.24, 2.45) is 5.73 Å². The van der Waals surface area contributed by atoms with Gasteiger partial charge >= 0.3 is 0 Å². The van der Waals surface area contributed by atoms with Crippen molar-refractivity contribution in [3.8, 4) is 0 Å². The van der Waals surface area contributed by atoms with Crippen molar-refractivity contribution in [2.45, 2.75) is 6.04 Å². The molecule has 0 saturated carbocycles. The normalized spacial score (nSPS) is 11.8. The van der Waals surface area contributed by atoms with E-state index >= 15 is 0 Å². The van der Waals surface area contributed by atoms with Crippen LogP contribution in [0.1, 0.15) is 11.6 Å². The predicted molar refractivity (Wildman–Crippen MR) is 76.1 cm³/mol. The number of hydrogen-bond acceptors (Lipinski definition) is 2. The lowest BCUT2D eigenvalue weighted by Crippen LogP contribution is -2.27. The van der Waals surface area contributed by atoms with Gasteiger partial charge in [-0.25, -0.2) is 0 Å². The summed E-state index contributed by atoms with van der Waals surface area (Å²) in [5, 5.41) is 3.13. The van der Waals surface area contributed by atoms with E-state index in [1.165, 1.54) is 0 Å². The molecule has 0 aliphatic carbocycles. The second-order valence-electron chi connectivity index (χ2n) is 3.90. The average Bonchev–Trinajstić information content (AvgIpc) is 2.37. The molecular formula is C14H13BrN2O. The van der Waals surface area contributed by atoms with E-state index in [4.69, 9.17) is 5.73 Å². The molecule has 0 bridgehead atoms. The number of benzene rings is 2. The molecule has 0 unspecified atom stereocenters. The van der Waals surface area contributed by atoms with Crippen LogP contribution in [0.4, 0.5) is 5.69 Å². The molecular weight excluding hydrogens is 292 g/mol. The molecule has 2 aromatic rings. The summed E-state index contributed by atoms with van der Waals surface area (Å²) in [6.07, 6.45) is 0. The number of amides is 1. The molecule has 0 spiro atoms. The van der Waals surface area contributed by atoms with Crippen molar-refractivity contribution < 1.29 is 4.79 Å². The summed E-state index contributed by atoms with van der Waals surface area (Å²) in [6, 6.07) is 16.5. The molecule has 2 rings (SSSR count). The van der Waals surface area contributed by atoms with E-state index in [1.54, 1.807) is 0 Å². The fourth-order valence-corrected chi connectivity index (χ4v) is 2.11. The second-order valence-corrected chi connectivity index (χ2v) is 4.82. The van der Waals surface area contributed by atoms with Gasteiger partial charge in [-0.05, 0) is 23.8 Å². The van der Waals surface area contributed by atoms with Crippen LogP contribution in [0.3, 0.4) is 0 Å². The predicted octanol–water partition coefficient (Wildman–Crippen LogP) is 3.09. The Kier molecular flexibility index (Phi) is 3.99. The minimum atomic E-state index is -0.527. The topological polar surface area (TPSA) is 55.1 Å². The van der Waals surface area contributed by atoms with Gasteiger partial charge in [-0.1, -0.05) is 52.3 Å². The van der Waals surface area contributed by atoms with E-state index < -0.39 is 11.9 Å². The minimum absolute atomic E-state index is 0.402. The van der Waals surface area contributed by atoms with Crippen LogP contribution in [0.15, 0.2) is 59.1 Å². The third-order valence-electron chi connectivity index (χ3n) is 2.55. The highest BCUT2D eigenvalue weighted by molar-refractivity contribution is 9.10. The highest BCUT2D eigenvalue weighted by atomic mass is 79.9. The Balaban J connectivity index is 2.25. The largest absolute Gasteiger partial charge is 0.370 e. The molecule has 92 valence electrons.